The summed E-state index contributed by atoms with van der Waals surface area (Å²) in [5.74, 6) is -0.366. The summed E-state index contributed by atoms with van der Waals surface area (Å²) < 4.78 is 3.21. The SMILES string of the molecule is CCn1nccc1C(C)NC(=O)CCn1ccc([N+](=O)[O-])n1. The second kappa shape index (κ2) is 6.83. The van der Waals surface area contributed by atoms with Gasteiger partial charge in [0.2, 0.25) is 5.91 Å². The molecular formula is C13H18N6O3. The number of nitrogens with zero attached hydrogens (tertiary/aromatic N) is 5. The van der Waals surface area contributed by atoms with Crippen LogP contribution in [-0.2, 0) is 17.9 Å². The molecule has 2 heterocycles. The predicted octanol–water partition coefficient (Wildman–Crippen LogP) is 1.28. The summed E-state index contributed by atoms with van der Waals surface area (Å²) in [5, 5.41) is 21.3. The number of carbonyl (C=O) groups is 1. The van der Waals surface area contributed by atoms with Gasteiger partial charge in [0.1, 0.15) is 0 Å². The van der Waals surface area contributed by atoms with Crippen molar-refractivity contribution < 1.29 is 9.72 Å². The van der Waals surface area contributed by atoms with Crippen LogP contribution in [0.4, 0.5) is 5.82 Å². The first-order valence-corrected chi connectivity index (χ1v) is 7.00. The van der Waals surface area contributed by atoms with Crippen LogP contribution in [0.3, 0.4) is 0 Å². The van der Waals surface area contributed by atoms with E-state index in [1.54, 1.807) is 6.20 Å². The molecule has 0 fully saturated rings. The average Bonchev–Trinajstić information content (AvgIpc) is 3.13. The lowest BCUT2D eigenvalue weighted by Gasteiger charge is -2.15. The number of rotatable bonds is 7. The summed E-state index contributed by atoms with van der Waals surface area (Å²) in [5.41, 5.74) is 0.936. The van der Waals surface area contributed by atoms with Crippen LogP contribution in [-0.4, -0.2) is 30.4 Å². The summed E-state index contributed by atoms with van der Waals surface area (Å²) in [6.07, 6.45) is 3.38. The number of hydrogen-bond donors (Lipinski definition) is 1. The molecule has 0 radical (unpaired) electrons. The van der Waals surface area contributed by atoms with E-state index in [1.165, 1.54) is 16.9 Å². The van der Waals surface area contributed by atoms with Gasteiger partial charge in [-0.05, 0) is 24.8 Å². The molecule has 2 aromatic rings. The van der Waals surface area contributed by atoms with Crippen molar-refractivity contribution in [3.05, 3.63) is 40.3 Å². The average molecular weight is 306 g/mol. The van der Waals surface area contributed by atoms with E-state index in [0.717, 1.165) is 12.2 Å². The first-order valence-electron chi connectivity index (χ1n) is 7.00. The topological polar surface area (TPSA) is 108 Å². The Labute approximate surface area is 127 Å². The van der Waals surface area contributed by atoms with Crippen molar-refractivity contribution in [3.63, 3.8) is 0 Å². The molecule has 0 aliphatic heterocycles. The minimum Gasteiger partial charge on any atom is -0.358 e. The van der Waals surface area contributed by atoms with Gasteiger partial charge in [0.15, 0.2) is 0 Å². The highest BCUT2D eigenvalue weighted by atomic mass is 16.6. The van der Waals surface area contributed by atoms with Crippen LogP contribution < -0.4 is 5.32 Å². The van der Waals surface area contributed by atoms with Gasteiger partial charge in [0.25, 0.3) is 0 Å². The van der Waals surface area contributed by atoms with Gasteiger partial charge in [-0.2, -0.15) is 9.78 Å². The fourth-order valence-corrected chi connectivity index (χ4v) is 2.15. The third-order valence-electron chi connectivity index (χ3n) is 3.25. The first-order chi connectivity index (χ1) is 10.5. The third-order valence-corrected chi connectivity index (χ3v) is 3.25. The largest absolute Gasteiger partial charge is 0.389 e. The Morgan fingerprint density at radius 2 is 2.27 bits per heavy atom. The van der Waals surface area contributed by atoms with Crippen LogP contribution in [0.1, 0.15) is 32.0 Å². The van der Waals surface area contributed by atoms with Gasteiger partial charge in [-0.25, -0.2) is 0 Å². The molecule has 1 N–H and O–H groups in total. The summed E-state index contributed by atoms with van der Waals surface area (Å²) >= 11 is 0. The lowest BCUT2D eigenvalue weighted by atomic mass is 10.2. The molecule has 0 aliphatic carbocycles. The number of nitrogens with one attached hydrogen (secondary N) is 1. The minimum atomic E-state index is -0.565. The lowest BCUT2D eigenvalue weighted by Crippen LogP contribution is -2.29. The van der Waals surface area contributed by atoms with Crippen molar-refractivity contribution in [2.45, 2.75) is 39.4 Å². The van der Waals surface area contributed by atoms with Gasteiger partial charge >= 0.3 is 5.82 Å². The van der Waals surface area contributed by atoms with Crippen molar-refractivity contribution >= 4 is 11.7 Å². The van der Waals surface area contributed by atoms with E-state index in [2.05, 4.69) is 15.5 Å². The Morgan fingerprint density at radius 1 is 1.50 bits per heavy atom. The van der Waals surface area contributed by atoms with E-state index in [9.17, 15) is 14.9 Å². The maximum Gasteiger partial charge on any atom is 0.389 e. The van der Waals surface area contributed by atoms with Crippen LogP contribution in [0.2, 0.25) is 0 Å². The summed E-state index contributed by atoms with van der Waals surface area (Å²) in [7, 11) is 0. The van der Waals surface area contributed by atoms with E-state index < -0.39 is 4.92 Å². The lowest BCUT2D eigenvalue weighted by molar-refractivity contribution is -0.389. The third kappa shape index (κ3) is 3.68. The molecule has 0 saturated carbocycles. The smallest absolute Gasteiger partial charge is 0.358 e. The Bertz CT molecular complexity index is 662. The van der Waals surface area contributed by atoms with E-state index >= 15 is 0 Å². The van der Waals surface area contributed by atoms with E-state index in [-0.39, 0.29) is 24.2 Å². The predicted molar refractivity (Wildman–Crippen MR) is 78.0 cm³/mol. The van der Waals surface area contributed by atoms with Crippen molar-refractivity contribution in [1.29, 1.82) is 0 Å². The highest BCUT2D eigenvalue weighted by Gasteiger charge is 2.15. The molecule has 9 heteroatoms. The van der Waals surface area contributed by atoms with Crippen LogP contribution in [0.5, 0.6) is 0 Å². The maximum atomic E-state index is 11.9. The highest BCUT2D eigenvalue weighted by molar-refractivity contribution is 5.76. The van der Waals surface area contributed by atoms with Gasteiger partial charge in [0.05, 0.1) is 35.6 Å². The molecule has 1 unspecified atom stereocenters. The van der Waals surface area contributed by atoms with Crippen molar-refractivity contribution in [2.24, 2.45) is 0 Å². The number of carbonyl (C=O) groups excluding carboxylic acids is 1. The fourth-order valence-electron chi connectivity index (χ4n) is 2.15. The Morgan fingerprint density at radius 3 is 2.91 bits per heavy atom. The molecule has 118 valence electrons. The zero-order valence-electron chi connectivity index (χ0n) is 12.5. The Kier molecular flexibility index (Phi) is 4.87. The number of aryl methyl sites for hydroxylation is 2. The van der Waals surface area contributed by atoms with Crippen LogP contribution in [0.25, 0.3) is 0 Å². The van der Waals surface area contributed by atoms with Crippen molar-refractivity contribution in [3.8, 4) is 0 Å². The number of amides is 1. The van der Waals surface area contributed by atoms with Crippen LogP contribution in [0.15, 0.2) is 24.5 Å². The zero-order valence-corrected chi connectivity index (χ0v) is 12.5. The van der Waals surface area contributed by atoms with E-state index in [4.69, 9.17) is 0 Å². The molecule has 0 aliphatic rings. The van der Waals surface area contributed by atoms with Crippen molar-refractivity contribution in [1.82, 2.24) is 24.9 Å². The second-order valence-electron chi connectivity index (χ2n) is 4.81. The minimum absolute atomic E-state index is 0.144. The molecule has 0 spiro atoms. The summed E-state index contributed by atoms with van der Waals surface area (Å²) in [6.45, 7) is 4.90. The zero-order chi connectivity index (χ0) is 16.1. The highest BCUT2D eigenvalue weighted by Crippen LogP contribution is 2.12. The van der Waals surface area contributed by atoms with E-state index in [1.807, 2.05) is 24.6 Å². The first kappa shape index (κ1) is 15.7. The van der Waals surface area contributed by atoms with E-state index in [0.29, 0.717) is 6.54 Å². The van der Waals surface area contributed by atoms with Crippen LogP contribution >= 0.6 is 0 Å². The molecule has 9 nitrogen and oxygen atoms in total. The number of aromatic nitrogens is 4. The van der Waals surface area contributed by atoms with Crippen molar-refractivity contribution in [2.75, 3.05) is 0 Å². The second-order valence-corrected chi connectivity index (χ2v) is 4.81. The molecule has 0 bridgehead atoms. The van der Waals surface area contributed by atoms with Crippen LogP contribution in [0, 0.1) is 10.1 Å². The fraction of sp³-hybridized carbons (Fsp3) is 0.462. The Balaban J connectivity index is 1.86. The number of hydrogen-bond acceptors (Lipinski definition) is 5. The van der Waals surface area contributed by atoms with Gasteiger partial charge in [-0.3, -0.25) is 9.48 Å². The van der Waals surface area contributed by atoms with Gasteiger partial charge in [0, 0.05) is 19.2 Å². The quantitative estimate of drug-likeness (QED) is 0.612. The number of nitro groups is 1. The molecule has 2 aromatic heterocycles. The molecule has 22 heavy (non-hydrogen) atoms. The Hall–Kier alpha value is -2.71. The molecule has 1 amide bonds. The molecule has 2 rings (SSSR count). The monoisotopic (exact) mass is 306 g/mol. The maximum absolute atomic E-state index is 11.9. The normalized spacial score (nSPS) is 12.1. The summed E-state index contributed by atoms with van der Waals surface area (Å²) in [6, 6.07) is 3.02. The standard InChI is InChI=1S/C13H18N6O3/c1-3-18-11(4-7-14-18)10(2)15-13(20)6-9-17-8-5-12(16-17)19(21)22/h4-5,7-8,10H,3,6,9H2,1-2H3,(H,15,20). The molecule has 0 saturated heterocycles. The molecule has 1 atom stereocenters. The van der Waals surface area contributed by atoms with Gasteiger partial charge in [-0.15, -0.1) is 0 Å². The van der Waals surface area contributed by atoms with Gasteiger partial charge in [-0.1, -0.05) is 0 Å². The molecular weight excluding hydrogens is 288 g/mol. The van der Waals surface area contributed by atoms with Gasteiger partial charge < -0.3 is 15.4 Å². The summed E-state index contributed by atoms with van der Waals surface area (Å²) in [4.78, 5) is 21.9. The molecule has 0 aromatic carbocycles.